The molecule has 0 unspecified atom stereocenters. The summed E-state index contributed by atoms with van der Waals surface area (Å²) in [5.74, 6) is 0.351. The van der Waals surface area contributed by atoms with Crippen LogP contribution in [0.2, 0.25) is 0 Å². The van der Waals surface area contributed by atoms with Gasteiger partial charge in [0.05, 0.1) is 23.8 Å². The largest absolute Gasteiger partial charge is 0.332 e. The highest BCUT2D eigenvalue weighted by Gasteiger charge is 2.16. The summed E-state index contributed by atoms with van der Waals surface area (Å²) in [4.78, 5) is 28.0. The Morgan fingerprint density at radius 2 is 1.58 bits per heavy atom. The van der Waals surface area contributed by atoms with E-state index in [-0.39, 0.29) is 11.6 Å². The van der Waals surface area contributed by atoms with E-state index >= 15 is 0 Å². The molecule has 134 valence electrons. The number of nitrogens with zero attached hydrogens (tertiary/aromatic N) is 2. The summed E-state index contributed by atoms with van der Waals surface area (Å²) in [6.07, 6.45) is 0. The predicted octanol–water partition coefficient (Wildman–Crippen LogP) is 5.04. The van der Waals surface area contributed by atoms with E-state index in [4.69, 9.17) is 0 Å². The first-order chi connectivity index (χ1) is 12.6. The van der Waals surface area contributed by atoms with Crippen LogP contribution in [0.4, 0.5) is 5.69 Å². The smallest absolute Gasteiger partial charge is 0.269 e. The van der Waals surface area contributed by atoms with Gasteiger partial charge in [0.25, 0.3) is 5.69 Å². The number of non-ortho nitro benzene ring substituents is 1. The first kappa shape index (κ1) is 18.6. The van der Waals surface area contributed by atoms with Crippen molar-refractivity contribution in [1.29, 1.82) is 0 Å². The number of benzene rings is 1. The third-order valence-corrected chi connectivity index (χ3v) is 6.34. The van der Waals surface area contributed by atoms with E-state index in [9.17, 15) is 14.9 Å². The zero-order chi connectivity index (χ0) is 18.4. The van der Waals surface area contributed by atoms with Gasteiger partial charge in [-0.15, -0.1) is 34.4 Å². The number of carbonyl (C=O) groups excluding carboxylic acids is 1. The Bertz CT molecular complexity index is 810. The topological polar surface area (TPSA) is 63.4 Å². The van der Waals surface area contributed by atoms with Crippen LogP contribution in [0.1, 0.15) is 9.75 Å². The van der Waals surface area contributed by atoms with Crippen LogP contribution in [0.15, 0.2) is 64.2 Å². The molecule has 3 aromatic rings. The van der Waals surface area contributed by atoms with Crippen LogP contribution >= 0.6 is 34.4 Å². The minimum Gasteiger partial charge on any atom is -0.332 e. The maximum Gasteiger partial charge on any atom is 0.269 e. The Labute approximate surface area is 163 Å². The van der Waals surface area contributed by atoms with Crippen molar-refractivity contribution in [2.45, 2.75) is 18.0 Å². The van der Waals surface area contributed by atoms with Gasteiger partial charge >= 0.3 is 0 Å². The molecule has 0 N–H and O–H groups in total. The summed E-state index contributed by atoms with van der Waals surface area (Å²) in [6.45, 7) is 1.18. The van der Waals surface area contributed by atoms with E-state index in [2.05, 4.69) is 0 Å². The van der Waals surface area contributed by atoms with Crippen LogP contribution in [0.3, 0.4) is 0 Å². The Balaban J connectivity index is 1.63. The van der Waals surface area contributed by atoms with Gasteiger partial charge in [-0.2, -0.15) is 0 Å². The summed E-state index contributed by atoms with van der Waals surface area (Å²) in [5.41, 5.74) is 0.0534. The number of hydrogen-bond acceptors (Lipinski definition) is 6. The second-order valence-corrected chi connectivity index (χ2v) is 8.56. The van der Waals surface area contributed by atoms with Gasteiger partial charge in [0.15, 0.2) is 0 Å². The molecule has 2 aromatic heterocycles. The van der Waals surface area contributed by atoms with E-state index in [0.717, 1.165) is 14.6 Å². The lowest BCUT2D eigenvalue weighted by atomic mass is 10.3. The third kappa shape index (κ3) is 5.17. The highest BCUT2D eigenvalue weighted by atomic mass is 32.2. The first-order valence-electron chi connectivity index (χ1n) is 7.81. The molecule has 3 rings (SSSR count). The van der Waals surface area contributed by atoms with Crippen LogP contribution in [0.25, 0.3) is 0 Å². The second-order valence-electron chi connectivity index (χ2n) is 5.45. The molecule has 0 saturated carbocycles. The van der Waals surface area contributed by atoms with Crippen LogP contribution in [-0.4, -0.2) is 21.5 Å². The first-order valence-corrected chi connectivity index (χ1v) is 10.6. The molecule has 0 radical (unpaired) electrons. The molecule has 5 nitrogen and oxygen atoms in total. The molecule has 8 heteroatoms. The summed E-state index contributed by atoms with van der Waals surface area (Å²) >= 11 is 4.67. The number of carbonyl (C=O) groups is 1. The molecule has 1 amide bonds. The lowest BCUT2D eigenvalue weighted by Gasteiger charge is -2.21. The van der Waals surface area contributed by atoms with Gasteiger partial charge in [-0.25, -0.2) is 0 Å². The van der Waals surface area contributed by atoms with Gasteiger partial charge in [0, 0.05) is 26.8 Å². The molecule has 0 spiro atoms. The molecule has 0 aliphatic rings. The van der Waals surface area contributed by atoms with Crippen molar-refractivity contribution in [1.82, 2.24) is 4.90 Å². The molecule has 0 atom stereocenters. The van der Waals surface area contributed by atoms with Crippen molar-refractivity contribution >= 4 is 46.0 Å². The Kier molecular flexibility index (Phi) is 6.43. The Hall–Kier alpha value is -2.16. The van der Waals surface area contributed by atoms with Gasteiger partial charge in [-0.1, -0.05) is 12.1 Å². The van der Waals surface area contributed by atoms with Crippen molar-refractivity contribution in [3.05, 3.63) is 79.2 Å². The molecular weight excluding hydrogens is 388 g/mol. The zero-order valence-corrected chi connectivity index (χ0v) is 16.2. The van der Waals surface area contributed by atoms with Crippen molar-refractivity contribution < 1.29 is 9.72 Å². The minimum atomic E-state index is -0.427. The summed E-state index contributed by atoms with van der Waals surface area (Å²) in [5, 5.41) is 14.7. The Morgan fingerprint density at radius 1 is 1.00 bits per heavy atom. The SMILES string of the molecule is O=C(CSc1ccc([N+](=O)[O-])cc1)N(Cc1cccs1)Cc1cccs1. The normalized spacial score (nSPS) is 10.6. The van der Waals surface area contributed by atoms with Gasteiger partial charge in [0.1, 0.15) is 0 Å². The van der Waals surface area contributed by atoms with Crippen LogP contribution < -0.4 is 0 Å². The van der Waals surface area contributed by atoms with Crippen molar-refractivity contribution in [2.75, 3.05) is 5.75 Å². The van der Waals surface area contributed by atoms with Gasteiger partial charge < -0.3 is 4.90 Å². The fourth-order valence-electron chi connectivity index (χ4n) is 2.31. The standard InChI is InChI=1S/C18H16N2O3S3/c21-18(13-26-15-7-5-14(6-8-15)20(22)23)19(11-16-3-1-9-24-16)12-17-4-2-10-25-17/h1-10H,11-13H2. The molecule has 0 aliphatic carbocycles. The lowest BCUT2D eigenvalue weighted by Crippen LogP contribution is -2.31. The maximum absolute atomic E-state index is 12.8. The van der Waals surface area contributed by atoms with Crippen molar-refractivity contribution in [3.63, 3.8) is 0 Å². The molecule has 0 aliphatic heterocycles. The molecule has 0 bridgehead atoms. The van der Waals surface area contributed by atoms with E-state index in [1.807, 2.05) is 39.9 Å². The number of thioether (sulfide) groups is 1. The zero-order valence-electron chi connectivity index (χ0n) is 13.7. The summed E-state index contributed by atoms with van der Waals surface area (Å²) in [7, 11) is 0. The highest BCUT2D eigenvalue weighted by molar-refractivity contribution is 8.00. The van der Waals surface area contributed by atoms with Crippen LogP contribution in [0, 0.1) is 10.1 Å². The average molecular weight is 405 g/mol. The van der Waals surface area contributed by atoms with Gasteiger partial charge in [-0.3, -0.25) is 14.9 Å². The summed E-state index contributed by atoms with van der Waals surface area (Å²) in [6, 6.07) is 14.3. The monoisotopic (exact) mass is 404 g/mol. The predicted molar refractivity (Wildman–Crippen MR) is 107 cm³/mol. The quantitative estimate of drug-likeness (QED) is 0.300. The van der Waals surface area contributed by atoms with E-state index in [1.165, 1.54) is 23.9 Å². The number of thiophene rings is 2. The molecule has 26 heavy (non-hydrogen) atoms. The number of amides is 1. The molecule has 0 saturated heterocycles. The van der Waals surface area contributed by atoms with Gasteiger partial charge in [0.2, 0.25) is 5.91 Å². The van der Waals surface area contributed by atoms with E-state index in [0.29, 0.717) is 18.8 Å². The fraction of sp³-hybridized carbons (Fsp3) is 0.167. The number of nitro groups is 1. The van der Waals surface area contributed by atoms with Gasteiger partial charge in [-0.05, 0) is 35.0 Å². The fourth-order valence-corrected chi connectivity index (χ4v) is 4.55. The van der Waals surface area contributed by atoms with Crippen molar-refractivity contribution in [2.24, 2.45) is 0 Å². The molecule has 1 aromatic carbocycles. The van der Waals surface area contributed by atoms with Crippen LogP contribution in [0.5, 0.6) is 0 Å². The maximum atomic E-state index is 12.8. The number of hydrogen-bond donors (Lipinski definition) is 0. The molecule has 2 heterocycles. The van der Waals surface area contributed by atoms with Crippen LogP contribution in [-0.2, 0) is 17.9 Å². The van der Waals surface area contributed by atoms with E-state index < -0.39 is 4.92 Å². The molecule has 0 fully saturated rings. The summed E-state index contributed by atoms with van der Waals surface area (Å²) < 4.78 is 0. The average Bonchev–Trinajstić information content (AvgIpc) is 3.33. The lowest BCUT2D eigenvalue weighted by molar-refractivity contribution is -0.384. The van der Waals surface area contributed by atoms with Crippen molar-refractivity contribution in [3.8, 4) is 0 Å². The minimum absolute atomic E-state index is 0.0511. The molecular formula is C18H16N2O3S3. The number of rotatable bonds is 8. The Morgan fingerprint density at radius 3 is 2.04 bits per heavy atom. The second kappa shape index (κ2) is 8.98. The highest BCUT2D eigenvalue weighted by Crippen LogP contribution is 2.23. The number of nitro benzene ring substituents is 1. The van der Waals surface area contributed by atoms with E-state index in [1.54, 1.807) is 34.8 Å². The third-order valence-electron chi connectivity index (χ3n) is 3.62.